The van der Waals surface area contributed by atoms with Gasteiger partial charge in [-0.1, -0.05) is 43.7 Å². The summed E-state index contributed by atoms with van der Waals surface area (Å²) in [5, 5.41) is 4.84. The van der Waals surface area contributed by atoms with Crippen LogP contribution in [-0.4, -0.2) is 46.9 Å². The topological polar surface area (TPSA) is 47.4 Å². The molecule has 1 aromatic heterocycles. The lowest BCUT2D eigenvalue weighted by molar-refractivity contribution is 0.0298. The highest BCUT2D eigenvalue weighted by Gasteiger charge is 2.32. The quantitative estimate of drug-likeness (QED) is 0.661. The van der Waals surface area contributed by atoms with Crippen LogP contribution in [0.4, 0.5) is 0 Å². The van der Waals surface area contributed by atoms with Gasteiger partial charge < -0.3 is 9.64 Å². The molecule has 1 saturated heterocycles. The van der Waals surface area contributed by atoms with Crippen molar-refractivity contribution in [1.29, 1.82) is 0 Å². The maximum atomic E-state index is 13.3. The third kappa shape index (κ3) is 4.25. The summed E-state index contributed by atoms with van der Waals surface area (Å²) in [6.45, 7) is 12.6. The van der Waals surface area contributed by atoms with Crippen LogP contribution in [0.15, 0.2) is 41.3 Å². The highest BCUT2D eigenvalue weighted by molar-refractivity contribution is 8.03. The first-order valence-corrected chi connectivity index (χ1v) is 11.6. The standard InChI is InChI=1S/C22H25N3O2S.C2H6/c1-4-17-19(5-2)28-14-18-20(22(26)24-10-12-27-13-11-24)23-25(21(17)18)16-8-6-15(3)7-9-16;1-2/h4-9H,10-14H2,1-3H3;1-2H3/b17-4+,19-5+;. The molecule has 0 spiro atoms. The average Bonchev–Trinajstić information content (AvgIpc) is 3.20. The molecule has 30 heavy (non-hydrogen) atoms. The summed E-state index contributed by atoms with van der Waals surface area (Å²) in [7, 11) is 0. The van der Waals surface area contributed by atoms with Crippen LogP contribution in [0.2, 0.25) is 0 Å². The van der Waals surface area contributed by atoms with Gasteiger partial charge in [0, 0.05) is 34.9 Å². The number of benzene rings is 1. The fourth-order valence-corrected chi connectivity index (χ4v) is 4.80. The maximum absolute atomic E-state index is 13.3. The van der Waals surface area contributed by atoms with Gasteiger partial charge in [0.1, 0.15) is 0 Å². The lowest BCUT2D eigenvalue weighted by Gasteiger charge is -2.26. The monoisotopic (exact) mass is 425 g/mol. The number of hydrogen-bond acceptors (Lipinski definition) is 4. The van der Waals surface area contributed by atoms with Gasteiger partial charge in [0.15, 0.2) is 5.69 Å². The molecule has 0 atom stereocenters. The predicted molar refractivity (Wildman–Crippen MR) is 125 cm³/mol. The summed E-state index contributed by atoms with van der Waals surface area (Å²) in [4.78, 5) is 16.4. The molecule has 4 rings (SSSR count). The van der Waals surface area contributed by atoms with E-state index in [1.807, 2.05) is 30.4 Å². The van der Waals surface area contributed by atoms with Crippen LogP contribution in [0, 0.1) is 6.92 Å². The minimum absolute atomic E-state index is 0.00499. The van der Waals surface area contributed by atoms with Gasteiger partial charge in [-0.15, -0.1) is 11.8 Å². The van der Waals surface area contributed by atoms with Gasteiger partial charge in [0.25, 0.3) is 5.91 Å². The number of aromatic nitrogens is 2. The zero-order valence-electron chi connectivity index (χ0n) is 18.6. The molecule has 2 aliphatic heterocycles. The van der Waals surface area contributed by atoms with Gasteiger partial charge in [-0.25, -0.2) is 4.68 Å². The molecule has 1 fully saturated rings. The second-order valence-corrected chi connectivity index (χ2v) is 7.99. The van der Waals surface area contributed by atoms with Gasteiger partial charge in [-0.3, -0.25) is 4.79 Å². The van der Waals surface area contributed by atoms with E-state index in [-0.39, 0.29) is 5.91 Å². The fourth-order valence-electron chi connectivity index (χ4n) is 3.69. The van der Waals surface area contributed by atoms with E-state index in [4.69, 9.17) is 9.84 Å². The van der Waals surface area contributed by atoms with Gasteiger partial charge in [0.2, 0.25) is 0 Å². The molecule has 0 radical (unpaired) electrons. The first-order chi connectivity index (χ1) is 14.6. The van der Waals surface area contributed by atoms with Crippen LogP contribution in [-0.2, 0) is 10.5 Å². The molecule has 0 aliphatic carbocycles. The third-order valence-electron chi connectivity index (χ3n) is 5.21. The Morgan fingerprint density at radius 3 is 2.37 bits per heavy atom. The second kappa shape index (κ2) is 10.1. The average molecular weight is 426 g/mol. The first-order valence-electron chi connectivity index (χ1n) is 10.7. The zero-order valence-corrected chi connectivity index (χ0v) is 19.4. The van der Waals surface area contributed by atoms with Crippen LogP contribution >= 0.6 is 11.8 Å². The molecule has 2 aromatic rings. The Kier molecular flexibility index (Phi) is 7.56. The third-order valence-corrected chi connectivity index (χ3v) is 6.41. The molecule has 6 heteroatoms. The lowest BCUT2D eigenvalue weighted by Crippen LogP contribution is -2.41. The largest absolute Gasteiger partial charge is 0.378 e. The van der Waals surface area contributed by atoms with Gasteiger partial charge >= 0.3 is 0 Å². The maximum Gasteiger partial charge on any atom is 0.274 e. The highest BCUT2D eigenvalue weighted by Crippen LogP contribution is 2.43. The number of morpholine rings is 1. The Hall–Kier alpha value is -2.31. The number of nitrogens with zero attached hydrogens (tertiary/aromatic N) is 3. The van der Waals surface area contributed by atoms with E-state index in [0.29, 0.717) is 32.0 Å². The molecule has 0 saturated carbocycles. The molecule has 160 valence electrons. The number of hydrogen-bond donors (Lipinski definition) is 0. The minimum atomic E-state index is 0.00499. The van der Waals surface area contributed by atoms with E-state index in [2.05, 4.69) is 50.3 Å². The summed E-state index contributed by atoms with van der Waals surface area (Å²) in [6.07, 6.45) is 4.26. The second-order valence-electron chi connectivity index (χ2n) is 6.97. The Morgan fingerprint density at radius 1 is 1.10 bits per heavy atom. The molecule has 1 aromatic carbocycles. The lowest BCUT2D eigenvalue weighted by atomic mass is 10.0. The molecule has 5 nitrogen and oxygen atoms in total. The highest BCUT2D eigenvalue weighted by atomic mass is 32.2. The van der Waals surface area contributed by atoms with E-state index >= 15 is 0 Å². The normalized spacial score (nSPS) is 18.8. The number of carbonyl (C=O) groups is 1. The summed E-state index contributed by atoms with van der Waals surface area (Å²) >= 11 is 1.77. The number of fused-ring (bicyclic) bond motifs is 1. The fraction of sp³-hybridized carbons (Fsp3) is 0.417. The van der Waals surface area contributed by atoms with Crippen LogP contribution < -0.4 is 0 Å². The van der Waals surface area contributed by atoms with Crippen LogP contribution in [0.5, 0.6) is 0 Å². The van der Waals surface area contributed by atoms with E-state index in [9.17, 15) is 4.79 Å². The minimum Gasteiger partial charge on any atom is -0.378 e. The summed E-state index contributed by atoms with van der Waals surface area (Å²) in [5.74, 6) is 0.759. The SMILES string of the molecule is C/C=C1\C(=C/C)SCc2c(C(=O)N3CCOCC3)nn(-c3ccc(C)cc3)c21.CC. The summed E-state index contributed by atoms with van der Waals surface area (Å²) in [6, 6.07) is 8.29. The van der Waals surface area contributed by atoms with E-state index in [1.54, 1.807) is 11.8 Å². The molecule has 0 N–H and O–H groups in total. The molecular weight excluding hydrogens is 394 g/mol. The zero-order chi connectivity index (χ0) is 21.7. The van der Waals surface area contributed by atoms with E-state index in [0.717, 1.165) is 28.3 Å². The van der Waals surface area contributed by atoms with E-state index < -0.39 is 0 Å². The molecule has 2 aliphatic rings. The van der Waals surface area contributed by atoms with Crippen molar-refractivity contribution in [2.45, 2.75) is 40.4 Å². The van der Waals surface area contributed by atoms with Crippen molar-refractivity contribution >= 4 is 23.2 Å². The van der Waals surface area contributed by atoms with Crippen molar-refractivity contribution < 1.29 is 9.53 Å². The van der Waals surface area contributed by atoms with E-state index in [1.165, 1.54) is 10.5 Å². The number of ether oxygens (including phenoxy) is 1. The van der Waals surface area contributed by atoms with Crippen LogP contribution in [0.3, 0.4) is 0 Å². The van der Waals surface area contributed by atoms with Crippen LogP contribution in [0.25, 0.3) is 11.3 Å². The molecule has 0 bridgehead atoms. The number of carbonyl (C=O) groups excluding carboxylic acids is 1. The molecule has 0 unspecified atom stereocenters. The summed E-state index contributed by atoms with van der Waals surface area (Å²) in [5.41, 5.74) is 5.95. The van der Waals surface area contributed by atoms with Crippen molar-refractivity contribution in [2.75, 3.05) is 26.3 Å². The Balaban J connectivity index is 0.00000124. The van der Waals surface area contributed by atoms with Crippen molar-refractivity contribution in [2.24, 2.45) is 0 Å². The van der Waals surface area contributed by atoms with Crippen molar-refractivity contribution in [3.8, 4) is 5.69 Å². The molecule has 1 amide bonds. The number of amides is 1. The predicted octanol–water partition coefficient (Wildman–Crippen LogP) is 5.23. The van der Waals surface area contributed by atoms with Gasteiger partial charge in [-0.05, 0) is 32.9 Å². The Labute approximate surface area is 183 Å². The smallest absolute Gasteiger partial charge is 0.274 e. The number of rotatable bonds is 2. The van der Waals surface area contributed by atoms with Crippen molar-refractivity contribution in [1.82, 2.24) is 14.7 Å². The first kappa shape index (κ1) is 22.4. The van der Waals surface area contributed by atoms with Crippen molar-refractivity contribution in [3.63, 3.8) is 0 Å². The summed E-state index contributed by atoms with van der Waals surface area (Å²) < 4.78 is 7.35. The Morgan fingerprint density at radius 2 is 1.77 bits per heavy atom. The molecule has 3 heterocycles. The number of thioether (sulfide) groups is 1. The number of allylic oxidation sites excluding steroid dienone is 3. The van der Waals surface area contributed by atoms with Crippen LogP contribution in [0.1, 0.15) is 55.0 Å². The van der Waals surface area contributed by atoms with Crippen molar-refractivity contribution in [3.05, 3.63) is 63.8 Å². The molecular formula is C24H31N3O2S. The Bertz CT molecular complexity index is 952. The number of aryl methyl sites for hydroxylation is 1. The van der Waals surface area contributed by atoms with Gasteiger partial charge in [-0.2, -0.15) is 5.10 Å². The van der Waals surface area contributed by atoms with Gasteiger partial charge in [0.05, 0.1) is 24.6 Å².